The van der Waals surface area contributed by atoms with Crippen LogP contribution in [0.2, 0.25) is 5.28 Å². The van der Waals surface area contributed by atoms with E-state index in [1.165, 1.54) is 0 Å². The SMILES string of the molecule is OC[C@@H](Nc1nc(Cl)ncc1F)c1cc(F)ccc1F. The van der Waals surface area contributed by atoms with Gasteiger partial charge in [-0.2, -0.15) is 4.98 Å². The summed E-state index contributed by atoms with van der Waals surface area (Å²) in [6.07, 6.45) is 0.827. The molecule has 8 heteroatoms. The molecule has 0 saturated carbocycles. The van der Waals surface area contributed by atoms with E-state index < -0.39 is 30.1 Å². The first kappa shape index (κ1) is 14.5. The van der Waals surface area contributed by atoms with Crippen molar-refractivity contribution in [3.63, 3.8) is 0 Å². The van der Waals surface area contributed by atoms with Crippen molar-refractivity contribution in [1.82, 2.24) is 9.97 Å². The number of nitrogens with zero attached hydrogens (tertiary/aromatic N) is 2. The number of anilines is 1. The quantitative estimate of drug-likeness (QED) is 0.853. The van der Waals surface area contributed by atoms with Crippen LogP contribution in [0.4, 0.5) is 19.0 Å². The van der Waals surface area contributed by atoms with Crippen LogP contribution >= 0.6 is 11.6 Å². The molecule has 1 heterocycles. The van der Waals surface area contributed by atoms with Crippen LogP contribution < -0.4 is 5.32 Å². The van der Waals surface area contributed by atoms with Gasteiger partial charge in [0.05, 0.1) is 18.8 Å². The predicted octanol–water partition coefficient (Wildman–Crippen LogP) is 2.69. The molecule has 0 saturated heterocycles. The minimum Gasteiger partial charge on any atom is -0.394 e. The summed E-state index contributed by atoms with van der Waals surface area (Å²) in [7, 11) is 0. The van der Waals surface area contributed by atoms with Crippen molar-refractivity contribution >= 4 is 17.4 Å². The first-order chi connectivity index (χ1) is 9.51. The third-order valence-corrected chi connectivity index (χ3v) is 2.72. The van der Waals surface area contributed by atoms with Crippen LogP contribution in [0.25, 0.3) is 0 Å². The topological polar surface area (TPSA) is 58.0 Å². The third kappa shape index (κ3) is 3.17. The molecule has 4 nitrogen and oxygen atoms in total. The number of rotatable bonds is 4. The monoisotopic (exact) mass is 303 g/mol. The van der Waals surface area contributed by atoms with E-state index in [0.29, 0.717) is 0 Å². The Kier molecular flexibility index (Phi) is 4.41. The lowest BCUT2D eigenvalue weighted by atomic mass is 10.1. The zero-order valence-electron chi connectivity index (χ0n) is 9.95. The molecule has 1 atom stereocenters. The molecule has 0 unspecified atom stereocenters. The molecule has 106 valence electrons. The maximum absolute atomic E-state index is 13.6. The molecular formula is C12H9ClF3N3O. The van der Waals surface area contributed by atoms with Gasteiger partial charge in [-0.05, 0) is 29.8 Å². The lowest BCUT2D eigenvalue weighted by Crippen LogP contribution is -2.18. The van der Waals surface area contributed by atoms with Gasteiger partial charge in [-0.25, -0.2) is 18.2 Å². The zero-order valence-corrected chi connectivity index (χ0v) is 10.7. The molecule has 0 spiro atoms. The van der Waals surface area contributed by atoms with E-state index in [2.05, 4.69) is 15.3 Å². The third-order valence-electron chi connectivity index (χ3n) is 2.54. The van der Waals surface area contributed by atoms with Gasteiger partial charge >= 0.3 is 0 Å². The highest BCUT2D eigenvalue weighted by Gasteiger charge is 2.18. The number of aliphatic hydroxyl groups excluding tert-OH is 1. The van der Waals surface area contributed by atoms with Crippen molar-refractivity contribution in [3.05, 3.63) is 52.7 Å². The highest BCUT2D eigenvalue weighted by molar-refractivity contribution is 6.28. The number of halogens is 4. The Bertz CT molecular complexity index is 627. The number of benzene rings is 1. The van der Waals surface area contributed by atoms with Crippen molar-refractivity contribution < 1.29 is 18.3 Å². The molecule has 0 aliphatic heterocycles. The van der Waals surface area contributed by atoms with Gasteiger partial charge in [-0.1, -0.05) is 0 Å². The fourth-order valence-electron chi connectivity index (χ4n) is 1.62. The molecule has 0 aliphatic rings. The van der Waals surface area contributed by atoms with Gasteiger partial charge < -0.3 is 10.4 Å². The zero-order chi connectivity index (χ0) is 14.7. The summed E-state index contributed by atoms with van der Waals surface area (Å²) >= 11 is 5.52. The molecule has 0 amide bonds. The fraction of sp³-hybridized carbons (Fsp3) is 0.167. The molecule has 20 heavy (non-hydrogen) atoms. The van der Waals surface area contributed by atoms with Crippen LogP contribution in [0, 0.1) is 17.5 Å². The van der Waals surface area contributed by atoms with E-state index in [0.717, 1.165) is 24.4 Å². The second kappa shape index (κ2) is 6.06. The molecule has 0 aliphatic carbocycles. The Balaban J connectivity index is 2.33. The van der Waals surface area contributed by atoms with Crippen LogP contribution in [0.15, 0.2) is 24.4 Å². The largest absolute Gasteiger partial charge is 0.394 e. The Morgan fingerprint density at radius 2 is 2.00 bits per heavy atom. The number of aromatic nitrogens is 2. The normalized spacial score (nSPS) is 12.2. The second-order valence-electron chi connectivity index (χ2n) is 3.88. The van der Waals surface area contributed by atoms with Crippen molar-refractivity contribution in [3.8, 4) is 0 Å². The first-order valence-electron chi connectivity index (χ1n) is 5.51. The second-order valence-corrected chi connectivity index (χ2v) is 4.22. The van der Waals surface area contributed by atoms with E-state index in [1.807, 2.05) is 0 Å². The van der Waals surface area contributed by atoms with Crippen molar-refractivity contribution in [2.75, 3.05) is 11.9 Å². The van der Waals surface area contributed by atoms with Gasteiger partial charge in [0.2, 0.25) is 5.28 Å². The molecule has 0 fully saturated rings. The summed E-state index contributed by atoms with van der Waals surface area (Å²) in [4.78, 5) is 7.00. The van der Waals surface area contributed by atoms with E-state index >= 15 is 0 Å². The van der Waals surface area contributed by atoms with Crippen molar-refractivity contribution in [1.29, 1.82) is 0 Å². The van der Waals surface area contributed by atoms with E-state index in [4.69, 9.17) is 11.6 Å². The van der Waals surface area contributed by atoms with Crippen LogP contribution in [-0.2, 0) is 0 Å². The fourth-order valence-corrected chi connectivity index (χ4v) is 1.75. The highest BCUT2D eigenvalue weighted by Crippen LogP contribution is 2.23. The molecule has 0 bridgehead atoms. The summed E-state index contributed by atoms with van der Waals surface area (Å²) < 4.78 is 40.2. The van der Waals surface area contributed by atoms with Crippen LogP contribution in [0.3, 0.4) is 0 Å². The molecule has 1 aromatic carbocycles. The van der Waals surface area contributed by atoms with Crippen LogP contribution in [-0.4, -0.2) is 21.7 Å². The summed E-state index contributed by atoms with van der Waals surface area (Å²) in [5.41, 5.74) is -0.151. The van der Waals surface area contributed by atoms with E-state index in [1.54, 1.807) is 0 Å². The summed E-state index contributed by atoms with van der Waals surface area (Å²) in [6, 6.07) is 1.68. The Morgan fingerprint density at radius 3 is 2.70 bits per heavy atom. The van der Waals surface area contributed by atoms with Gasteiger partial charge in [0.25, 0.3) is 0 Å². The Hall–Kier alpha value is -1.86. The molecule has 2 rings (SSSR count). The maximum atomic E-state index is 13.6. The standard InChI is InChI=1S/C12H9ClF3N3O/c13-12-17-4-9(16)11(19-12)18-10(5-20)7-3-6(14)1-2-8(7)15/h1-4,10,20H,5H2,(H,17,18,19)/t10-/m1/s1. The molecular weight excluding hydrogens is 295 g/mol. The Morgan fingerprint density at radius 1 is 1.25 bits per heavy atom. The summed E-state index contributed by atoms with van der Waals surface area (Å²) in [6.45, 7) is -0.596. The lowest BCUT2D eigenvalue weighted by molar-refractivity contribution is 0.273. The number of nitrogens with one attached hydrogen (secondary N) is 1. The van der Waals surface area contributed by atoms with Crippen LogP contribution in [0.1, 0.15) is 11.6 Å². The van der Waals surface area contributed by atoms with Gasteiger partial charge in [0.15, 0.2) is 11.6 Å². The smallest absolute Gasteiger partial charge is 0.224 e. The summed E-state index contributed by atoms with van der Waals surface area (Å²) in [5.74, 6) is -2.56. The van der Waals surface area contributed by atoms with E-state index in [9.17, 15) is 18.3 Å². The first-order valence-corrected chi connectivity index (χ1v) is 5.89. The highest BCUT2D eigenvalue weighted by atomic mass is 35.5. The average Bonchev–Trinajstić information content (AvgIpc) is 2.42. The number of hydrogen-bond acceptors (Lipinski definition) is 4. The molecule has 0 radical (unpaired) electrons. The number of aliphatic hydroxyl groups is 1. The predicted molar refractivity (Wildman–Crippen MR) is 66.8 cm³/mol. The number of hydrogen-bond donors (Lipinski definition) is 2. The van der Waals surface area contributed by atoms with Gasteiger partial charge in [0.1, 0.15) is 11.6 Å². The lowest BCUT2D eigenvalue weighted by Gasteiger charge is -2.18. The van der Waals surface area contributed by atoms with Gasteiger partial charge in [0, 0.05) is 5.56 Å². The van der Waals surface area contributed by atoms with Gasteiger partial charge in [-0.3, -0.25) is 0 Å². The molecule has 2 N–H and O–H groups in total. The van der Waals surface area contributed by atoms with Crippen molar-refractivity contribution in [2.45, 2.75) is 6.04 Å². The molecule has 1 aromatic heterocycles. The minimum absolute atomic E-state index is 0.151. The van der Waals surface area contributed by atoms with Crippen LogP contribution in [0.5, 0.6) is 0 Å². The summed E-state index contributed by atoms with van der Waals surface area (Å²) in [5, 5.41) is 11.5. The average molecular weight is 304 g/mol. The Labute approximate surface area is 117 Å². The molecule has 2 aromatic rings. The van der Waals surface area contributed by atoms with Crippen molar-refractivity contribution in [2.24, 2.45) is 0 Å². The maximum Gasteiger partial charge on any atom is 0.224 e. The van der Waals surface area contributed by atoms with E-state index in [-0.39, 0.29) is 16.7 Å². The minimum atomic E-state index is -1.08. The van der Waals surface area contributed by atoms with Gasteiger partial charge in [-0.15, -0.1) is 0 Å².